The van der Waals surface area contributed by atoms with Crippen LogP contribution in [0.5, 0.6) is 0 Å². The molecule has 0 saturated carbocycles. The zero-order chi connectivity index (χ0) is 57.9. The third-order valence-corrected chi connectivity index (χ3v) is 14.8. The van der Waals surface area contributed by atoms with Crippen LogP contribution in [0.3, 0.4) is 0 Å². The van der Waals surface area contributed by atoms with Crippen LogP contribution < -0.4 is 5.32 Å². The van der Waals surface area contributed by atoms with E-state index in [4.69, 9.17) is 9.47 Å². The van der Waals surface area contributed by atoms with Gasteiger partial charge in [0.25, 0.3) is 0 Å². The van der Waals surface area contributed by atoms with Crippen molar-refractivity contribution >= 4 is 5.91 Å². The van der Waals surface area contributed by atoms with Gasteiger partial charge in [-0.05, 0) is 89.9 Å². The molecule has 0 aromatic carbocycles. The third-order valence-electron chi connectivity index (χ3n) is 14.8. The number of aliphatic hydroxyl groups is 5. The van der Waals surface area contributed by atoms with Gasteiger partial charge in [-0.25, -0.2) is 0 Å². The maximum Gasteiger partial charge on any atom is 0.220 e. The summed E-state index contributed by atoms with van der Waals surface area (Å²) in [5.41, 5.74) is 0. The molecule has 9 heteroatoms. The maximum absolute atomic E-state index is 13.1. The van der Waals surface area contributed by atoms with Crippen molar-refractivity contribution in [3.05, 3.63) is 122 Å². The number of hydrogen-bond acceptors (Lipinski definition) is 8. The van der Waals surface area contributed by atoms with Crippen molar-refractivity contribution in [1.82, 2.24) is 5.32 Å². The Kier molecular flexibility index (Phi) is 54.8. The Morgan fingerprint density at radius 3 is 1.15 bits per heavy atom. The molecule has 1 rings (SSSR count). The van der Waals surface area contributed by atoms with Crippen molar-refractivity contribution in [2.75, 3.05) is 13.2 Å². The average Bonchev–Trinajstić information content (AvgIpc) is 3.46. The molecule has 1 heterocycles. The van der Waals surface area contributed by atoms with Gasteiger partial charge < -0.3 is 40.3 Å². The molecule has 9 nitrogen and oxygen atoms in total. The number of aliphatic hydroxyl groups excluding tert-OH is 5. The van der Waals surface area contributed by atoms with E-state index in [9.17, 15) is 30.3 Å². The Labute approximate surface area is 490 Å². The van der Waals surface area contributed by atoms with Gasteiger partial charge in [0.2, 0.25) is 5.91 Å². The number of allylic oxidation sites excluding steroid dienone is 19. The summed E-state index contributed by atoms with van der Waals surface area (Å²) >= 11 is 0. The lowest BCUT2D eigenvalue weighted by Crippen LogP contribution is -2.60. The first-order valence-corrected chi connectivity index (χ1v) is 32.8. The van der Waals surface area contributed by atoms with Gasteiger partial charge in [0.1, 0.15) is 24.4 Å². The highest BCUT2D eigenvalue weighted by Gasteiger charge is 2.44. The zero-order valence-electron chi connectivity index (χ0n) is 51.0. The molecule has 0 aliphatic carbocycles. The van der Waals surface area contributed by atoms with E-state index in [1.54, 1.807) is 6.08 Å². The summed E-state index contributed by atoms with van der Waals surface area (Å²) < 4.78 is 11.3. The van der Waals surface area contributed by atoms with Crippen LogP contribution in [0.2, 0.25) is 0 Å². The van der Waals surface area contributed by atoms with Gasteiger partial charge in [0.05, 0.1) is 25.4 Å². The molecule has 458 valence electrons. The lowest BCUT2D eigenvalue weighted by Gasteiger charge is -2.40. The van der Waals surface area contributed by atoms with E-state index >= 15 is 0 Å². The number of rotatable bonds is 55. The predicted octanol–water partition coefficient (Wildman–Crippen LogP) is 17.5. The molecule has 0 spiro atoms. The fourth-order valence-corrected chi connectivity index (χ4v) is 9.68. The molecule has 7 atom stereocenters. The first-order valence-electron chi connectivity index (χ1n) is 32.8. The number of amides is 1. The molecule has 1 amide bonds. The Bertz CT molecular complexity index is 1670. The summed E-state index contributed by atoms with van der Waals surface area (Å²) in [6.07, 6.45) is 81.3. The molecule has 7 unspecified atom stereocenters. The quantitative estimate of drug-likeness (QED) is 0.0261. The van der Waals surface area contributed by atoms with Crippen molar-refractivity contribution in [3.8, 4) is 0 Å². The fourth-order valence-electron chi connectivity index (χ4n) is 9.68. The van der Waals surface area contributed by atoms with Crippen LogP contribution >= 0.6 is 0 Å². The number of unbranched alkanes of at least 4 members (excludes halogenated alkanes) is 27. The minimum absolute atomic E-state index is 0.191. The van der Waals surface area contributed by atoms with Crippen LogP contribution in [0.4, 0.5) is 0 Å². The molecule has 6 N–H and O–H groups in total. The number of carbonyl (C=O) groups is 1. The van der Waals surface area contributed by atoms with Crippen molar-refractivity contribution in [1.29, 1.82) is 0 Å². The summed E-state index contributed by atoms with van der Waals surface area (Å²) in [7, 11) is 0. The molecule has 1 saturated heterocycles. The topological polar surface area (TPSA) is 149 Å². The van der Waals surface area contributed by atoms with E-state index in [0.717, 1.165) is 109 Å². The molecule has 1 aliphatic heterocycles. The summed E-state index contributed by atoms with van der Waals surface area (Å²) in [5, 5.41) is 54.7. The molecule has 80 heavy (non-hydrogen) atoms. The summed E-state index contributed by atoms with van der Waals surface area (Å²) in [6, 6.07) is -0.821. The van der Waals surface area contributed by atoms with Crippen molar-refractivity contribution in [2.45, 2.75) is 307 Å². The van der Waals surface area contributed by atoms with Gasteiger partial charge in [0.15, 0.2) is 6.29 Å². The van der Waals surface area contributed by atoms with Crippen molar-refractivity contribution in [2.24, 2.45) is 0 Å². The normalized spacial score (nSPS) is 19.3. The van der Waals surface area contributed by atoms with E-state index in [2.05, 4.69) is 129 Å². The first kappa shape index (κ1) is 74.6. The van der Waals surface area contributed by atoms with Crippen molar-refractivity contribution in [3.63, 3.8) is 0 Å². The molecule has 0 aromatic rings. The second-order valence-electron chi connectivity index (χ2n) is 22.2. The number of ether oxygens (including phenoxy) is 2. The van der Waals surface area contributed by atoms with Crippen LogP contribution in [-0.2, 0) is 14.3 Å². The van der Waals surface area contributed by atoms with Gasteiger partial charge in [-0.1, -0.05) is 289 Å². The molecular formula is C71H121NO8. The SMILES string of the molecule is CC/C=C\C/C=C\C/C=C\C/C=C\C/C=C\C/C=C\C/C=C\C/C=C\C/C=C\CCCCCCCCCC(=O)NC(COC1OC(CO)C(O)C(O)C1O)C(O)/C=C/CCCCCCCCCCCCCCCCCCCCCC. The standard InChI is InChI=1S/C71H121NO8/c1-3-5-7-9-11-13-15-17-19-21-23-25-27-28-29-30-31-32-33-34-35-36-37-38-39-41-43-45-47-49-51-53-55-57-59-61-67(75)72-64(63-79-71-70(78)69(77)68(76)66(62-73)80-71)65(74)60-58-56-54-52-50-48-46-44-42-40-26-24-22-20-18-16-14-12-10-8-6-4-2/h5,7,11,13,17,19,23,25,28-29,31-32,34-35,37-38,41,43,58,60,64-66,68-71,73-74,76-78H,3-4,6,8-10,12,14-16,18,20-22,24,26-27,30,33,36,39-40,42,44-57,59,61-63H2,1-2H3,(H,72,75)/b7-5-,13-11-,19-17-,25-23-,29-28-,32-31-,35-34-,38-37-,43-41-,60-58+. The number of carbonyl (C=O) groups excluding carboxylic acids is 1. The largest absolute Gasteiger partial charge is 0.394 e. The smallest absolute Gasteiger partial charge is 0.220 e. The lowest BCUT2D eigenvalue weighted by atomic mass is 9.99. The van der Waals surface area contributed by atoms with E-state index in [0.29, 0.717) is 6.42 Å². The molecule has 0 aromatic heterocycles. The minimum atomic E-state index is -1.58. The van der Waals surface area contributed by atoms with E-state index < -0.39 is 49.5 Å². The van der Waals surface area contributed by atoms with Gasteiger partial charge in [0, 0.05) is 6.42 Å². The second-order valence-corrected chi connectivity index (χ2v) is 22.2. The minimum Gasteiger partial charge on any atom is -0.394 e. The van der Waals surface area contributed by atoms with E-state index in [-0.39, 0.29) is 12.5 Å². The summed E-state index contributed by atoms with van der Waals surface area (Å²) in [4.78, 5) is 13.1. The van der Waals surface area contributed by atoms with E-state index in [1.807, 2.05) is 6.08 Å². The summed E-state index contributed by atoms with van der Waals surface area (Å²) in [6.45, 7) is 3.67. The zero-order valence-corrected chi connectivity index (χ0v) is 51.0. The van der Waals surface area contributed by atoms with Gasteiger partial charge in [-0.15, -0.1) is 0 Å². The molecule has 1 fully saturated rings. The average molecular weight is 1120 g/mol. The monoisotopic (exact) mass is 1120 g/mol. The van der Waals surface area contributed by atoms with Crippen LogP contribution in [-0.4, -0.2) is 87.5 Å². The second kappa shape index (κ2) is 58.8. The first-order chi connectivity index (χ1) is 39.3. The highest BCUT2D eigenvalue weighted by atomic mass is 16.7. The Balaban J connectivity index is 2.20. The molecule has 1 aliphatic rings. The highest BCUT2D eigenvalue weighted by Crippen LogP contribution is 2.23. The van der Waals surface area contributed by atoms with Gasteiger partial charge >= 0.3 is 0 Å². The van der Waals surface area contributed by atoms with E-state index in [1.165, 1.54) is 135 Å². The predicted molar refractivity (Wildman–Crippen MR) is 340 cm³/mol. The lowest BCUT2D eigenvalue weighted by molar-refractivity contribution is -0.302. The van der Waals surface area contributed by atoms with Gasteiger partial charge in [-0.2, -0.15) is 0 Å². The Morgan fingerprint density at radius 1 is 0.438 bits per heavy atom. The molecular weight excluding hydrogens is 995 g/mol. The number of nitrogens with one attached hydrogen (secondary N) is 1. The highest BCUT2D eigenvalue weighted by molar-refractivity contribution is 5.76. The maximum atomic E-state index is 13.1. The molecule has 0 radical (unpaired) electrons. The van der Waals surface area contributed by atoms with Crippen LogP contribution in [0.1, 0.15) is 264 Å². The van der Waals surface area contributed by atoms with Crippen LogP contribution in [0.25, 0.3) is 0 Å². The van der Waals surface area contributed by atoms with Gasteiger partial charge in [-0.3, -0.25) is 4.79 Å². The fraction of sp³-hybridized carbons (Fsp3) is 0.704. The Morgan fingerprint density at radius 2 is 0.775 bits per heavy atom. The third kappa shape index (κ3) is 47.1. The van der Waals surface area contributed by atoms with Crippen LogP contribution in [0, 0.1) is 0 Å². The van der Waals surface area contributed by atoms with Crippen LogP contribution in [0.15, 0.2) is 122 Å². The molecule has 0 bridgehead atoms. The number of hydrogen-bond donors (Lipinski definition) is 6. The Hall–Kier alpha value is -3.41. The van der Waals surface area contributed by atoms with Crippen molar-refractivity contribution < 1.29 is 39.8 Å². The summed E-state index contributed by atoms with van der Waals surface area (Å²) in [5.74, 6) is -0.191.